The first-order chi connectivity index (χ1) is 8.68. The zero-order valence-corrected chi connectivity index (χ0v) is 10.1. The maximum absolute atomic E-state index is 12.7. The predicted molar refractivity (Wildman–Crippen MR) is 57.7 cm³/mol. The number of nitrogens with two attached hydrogens (primary N) is 1. The lowest BCUT2D eigenvalue weighted by Gasteiger charge is -2.32. The molecule has 3 N–H and O–H groups in total. The second kappa shape index (κ2) is 6.00. The number of amides is 1. The van der Waals surface area contributed by atoms with E-state index in [-0.39, 0.29) is 0 Å². The van der Waals surface area contributed by atoms with Gasteiger partial charge >= 0.3 is 18.0 Å². The predicted octanol–water partition coefficient (Wildman–Crippen LogP) is 0.723. The van der Waals surface area contributed by atoms with Gasteiger partial charge in [-0.05, 0) is 12.8 Å². The summed E-state index contributed by atoms with van der Waals surface area (Å²) in [5, 5.41) is 1.76. The molecule has 0 unspecified atom stereocenters. The Morgan fingerprint density at radius 1 is 1.21 bits per heavy atom. The van der Waals surface area contributed by atoms with Crippen molar-refractivity contribution in [3.8, 4) is 0 Å². The Kier molecular flexibility index (Phi) is 5.08. The van der Waals surface area contributed by atoms with Gasteiger partial charge in [0.05, 0.1) is 0 Å². The van der Waals surface area contributed by atoms with Gasteiger partial charge < -0.3 is 16.0 Å². The van der Waals surface area contributed by atoms with Crippen LogP contribution in [0.25, 0.3) is 0 Å². The Hall–Kier alpha value is -0.960. The van der Waals surface area contributed by atoms with Gasteiger partial charge in [0.1, 0.15) is 0 Å². The van der Waals surface area contributed by atoms with Gasteiger partial charge in [0.2, 0.25) is 0 Å². The van der Waals surface area contributed by atoms with E-state index < -0.39 is 24.0 Å². The summed E-state index contributed by atoms with van der Waals surface area (Å²) in [6, 6.07) is -0.658. The minimum absolute atomic E-state index is 0.333. The topological polar surface area (TPSA) is 58.4 Å². The number of nitrogens with one attached hydrogen (secondary N) is 1. The van der Waals surface area contributed by atoms with E-state index in [9.17, 15) is 26.7 Å². The van der Waals surface area contributed by atoms with Crippen molar-refractivity contribution in [2.75, 3.05) is 26.2 Å². The fraction of sp³-hybridized carbons (Fsp3) is 0.900. The number of halogens is 5. The lowest BCUT2D eigenvalue weighted by molar-refractivity contribution is -0.270. The Morgan fingerprint density at radius 3 is 2.16 bits per heavy atom. The maximum atomic E-state index is 12.7. The minimum Gasteiger partial charge on any atom is -0.348 e. The van der Waals surface area contributed by atoms with Crippen molar-refractivity contribution >= 4 is 5.91 Å². The van der Waals surface area contributed by atoms with E-state index in [1.54, 1.807) is 5.32 Å². The number of nitrogens with zero attached hydrogens (tertiary/aromatic N) is 1. The Balaban J connectivity index is 2.47. The van der Waals surface area contributed by atoms with Gasteiger partial charge in [-0.15, -0.1) is 0 Å². The van der Waals surface area contributed by atoms with Gasteiger partial charge in [-0.1, -0.05) is 0 Å². The molecule has 0 bridgehead atoms. The standard InChI is InChI=1S/C10H16F5N3O/c11-9(12,10(13,14)15)8(19)17-7-1-4-18(5-2-7)6-3-16/h7H,1-6,16H2,(H,17,19). The number of alkyl halides is 5. The monoisotopic (exact) mass is 289 g/mol. The van der Waals surface area contributed by atoms with Gasteiger partial charge in [0.15, 0.2) is 0 Å². The fourth-order valence-electron chi connectivity index (χ4n) is 1.89. The zero-order chi connectivity index (χ0) is 14.7. The van der Waals surface area contributed by atoms with E-state index in [1.807, 2.05) is 4.90 Å². The SMILES string of the molecule is NCCN1CCC(NC(=O)C(F)(F)C(F)(F)F)CC1. The molecule has 19 heavy (non-hydrogen) atoms. The Morgan fingerprint density at radius 2 is 1.74 bits per heavy atom. The van der Waals surface area contributed by atoms with E-state index in [0.29, 0.717) is 39.0 Å². The molecule has 0 atom stereocenters. The maximum Gasteiger partial charge on any atom is 0.463 e. The van der Waals surface area contributed by atoms with Crippen molar-refractivity contribution in [2.45, 2.75) is 31.0 Å². The van der Waals surface area contributed by atoms with Crippen LogP contribution < -0.4 is 11.1 Å². The van der Waals surface area contributed by atoms with Crippen LogP contribution in [0.2, 0.25) is 0 Å². The van der Waals surface area contributed by atoms with Gasteiger partial charge in [-0.3, -0.25) is 4.79 Å². The van der Waals surface area contributed by atoms with Gasteiger partial charge in [-0.25, -0.2) is 0 Å². The molecule has 0 saturated carbocycles. The second-order valence-electron chi connectivity index (χ2n) is 4.45. The van der Waals surface area contributed by atoms with Crippen molar-refractivity contribution in [3.05, 3.63) is 0 Å². The Labute approximate surface area is 107 Å². The van der Waals surface area contributed by atoms with E-state index >= 15 is 0 Å². The average Bonchev–Trinajstić information content (AvgIpc) is 2.30. The smallest absolute Gasteiger partial charge is 0.348 e. The molecule has 9 heteroatoms. The first-order valence-corrected chi connectivity index (χ1v) is 5.86. The zero-order valence-electron chi connectivity index (χ0n) is 10.1. The molecule has 1 heterocycles. The lowest BCUT2D eigenvalue weighted by atomic mass is 10.0. The first kappa shape index (κ1) is 16.1. The van der Waals surface area contributed by atoms with Crippen LogP contribution in [0, 0.1) is 0 Å². The number of hydrogen-bond donors (Lipinski definition) is 2. The molecule has 0 spiro atoms. The molecule has 4 nitrogen and oxygen atoms in total. The fourth-order valence-corrected chi connectivity index (χ4v) is 1.89. The summed E-state index contributed by atoms with van der Waals surface area (Å²) < 4.78 is 61.3. The van der Waals surface area contributed by atoms with E-state index in [0.717, 1.165) is 0 Å². The molecule has 1 rings (SSSR count). The second-order valence-corrected chi connectivity index (χ2v) is 4.45. The van der Waals surface area contributed by atoms with Crippen LogP contribution in [-0.2, 0) is 4.79 Å². The largest absolute Gasteiger partial charge is 0.463 e. The molecule has 1 aliphatic rings. The highest BCUT2D eigenvalue weighted by molar-refractivity contribution is 5.84. The van der Waals surface area contributed by atoms with E-state index in [4.69, 9.17) is 5.73 Å². The molecular weight excluding hydrogens is 273 g/mol. The molecule has 1 amide bonds. The van der Waals surface area contributed by atoms with Crippen LogP contribution in [0.4, 0.5) is 22.0 Å². The van der Waals surface area contributed by atoms with Gasteiger partial charge in [0.25, 0.3) is 0 Å². The highest BCUT2D eigenvalue weighted by Gasteiger charge is 2.63. The van der Waals surface area contributed by atoms with Crippen LogP contribution in [0.15, 0.2) is 0 Å². The van der Waals surface area contributed by atoms with Crippen LogP contribution in [-0.4, -0.2) is 55.1 Å². The molecule has 0 radical (unpaired) electrons. The molecule has 0 aromatic heterocycles. The summed E-state index contributed by atoms with van der Waals surface area (Å²) in [5.74, 6) is -7.63. The molecule has 0 aromatic carbocycles. The number of rotatable bonds is 4. The van der Waals surface area contributed by atoms with E-state index in [2.05, 4.69) is 0 Å². The third-order valence-electron chi connectivity index (χ3n) is 3.01. The molecule has 1 fully saturated rings. The number of hydrogen-bond acceptors (Lipinski definition) is 3. The third-order valence-corrected chi connectivity index (χ3v) is 3.01. The summed E-state index contributed by atoms with van der Waals surface area (Å²) in [6.07, 6.45) is -5.20. The van der Waals surface area contributed by atoms with Gasteiger partial charge in [0, 0.05) is 32.2 Å². The first-order valence-electron chi connectivity index (χ1n) is 5.86. The normalized spacial score (nSPS) is 19.5. The number of likely N-dealkylation sites (tertiary alicyclic amines) is 1. The minimum atomic E-state index is -5.86. The van der Waals surface area contributed by atoms with E-state index in [1.165, 1.54) is 0 Å². The molecule has 112 valence electrons. The molecule has 1 aliphatic heterocycles. The number of carbonyl (C=O) groups excluding carboxylic acids is 1. The van der Waals surface area contributed by atoms with Crippen LogP contribution >= 0.6 is 0 Å². The summed E-state index contributed by atoms with van der Waals surface area (Å²) >= 11 is 0. The molecule has 0 aliphatic carbocycles. The third kappa shape index (κ3) is 4.00. The molecule has 1 saturated heterocycles. The number of piperidine rings is 1. The van der Waals surface area contributed by atoms with Crippen molar-refractivity contribution in [3.63, 3.8) is 0 Å². The average molecular weight is 289 g/mol. The number of carbonyl (C=O) groups is 1. The quantitative estimate of drug-likeness (QED) is 0.750. The molecule has 0 aromatic rings. The summed E-state index contributed by atoms with van der Waals surface area (Å²) in [7, 11) is 0. The van der Waals surface area contributed by atoms with Crippen molar-refractivity contribution < 1.29 is 26.7 Å². The van der Waals surface area contributed by atoms with Crippen LogP contribution in [0.5, 0.6) is 0 Å². The highest BCUT2D eigenvalue weighted by Crippen LogP contribution is 2.35. The van der Waals surface area contributed by atoms with Crippen LogP contribution in [0.3, 0.4) is 0 Å². The summed E-state index contributed by atoms with van der Waals surface area (Å²) in [6.45, 7) is 2.11. The van der Waals surface area contributed by atoms with Crippen molar-refractivity contribution in [1.29, 1.82) is 0 Å². The summed E-state index contributed by atoms with van der Waals surface area (Å²) in [4.78, 5) is 12.9. The van der Waals surface area contributed by atoms with Crippen molar-refractivity contribution in [2.24, 2.45) is 5.73 Å². The van der Waals surface area contributed by atoms with Gasteiger partial charge in [-0.2, -0.15) is 22.0 Å². The Bertz CT molecular complexity index is 313. The van der Waals surface area contributed by atoms with Crippen molar-refractivity contribution in [1.82, 2.24) is 10.2 Å². The lowest BCUT2D eigenvalue weighted by Crippen LogP contribution is -2.55. The van der Waals surface area contributed by atoms with Crippen LogP contribution in [0.1, 0.15) is 12.8 Å². The summed E-state index contributed by atoms with van der Waals surface area (Å²) in [5.41, 5.74) is 5.34. The molecular formula is C10H16F5N3O. The highest BCUT2D eigenvalue weighted by atomic mass is 19.4.